The predicted octanol–water partition coefficient (Wildman–Crippen LogP) is 17.0. The minimum Gasteiger partial charge on any atom is -0.298 e. The van der Waals surface area contributed by atoms with Crippen molar-refractivity contribution in [2.24, 2.45) is 0 Å². The second kappa shape index (κ2) is 38.8. The van der Waals surface area contributed by atoms with E-state index in [9.17, 15) is 0 Å². The Bertz CT molecular complexity index is 519. The molecule has 0 aromatic carbocycles. The Morgan fingerprint density at radius 1 is 0.255 bits per heavy atom. The van der Waals surface area contributed by atoms with Gasteiger partial charge in [0.15, 0.2) is 0 Å². The minimum atomic E-state index is 0.370. The summed E-state index contributed by atoms with van der Waals surface area (Å²) < 4.78 is 0. The van der Waals surface area contributed by atoms with Crippen LogP contribution in [0, 0.1) is 0 Å². The van der Waals surface area contributed by atoms with E-state index in [4.69, 9.17) is 0 Å². The van der Waals surface area contributed by atoms with E-state index in [2.05, 4.69) is 39.5 Å². The van der Waals surface area contributed by atoms with Crippen LogP contribution >= 0.6 is 0 Å². The SMILES string of the molecule is CCCCCCCCCCCCCCCCCN(CCCCCCCCCCCCCCCCC)C(C)(C)CCCCCCCCC. The molecule has 0 atom stereocenters. The van der Waals surface area contributed by atoms with Gasteiger partial charge in [0.1, 0.15) is 0 Å². The monoisotopic (exact) mass is 662 g/mol. The fourth-order valence-electron chi connectivity index (χ4n) is 7.74. The largest absolute Gasteiger partial charge is 0.298 e. The van der Waals surface area contributed by atoms with E-state index >= 15 is 0 Å². The normalized spacial score (nSPS) is 12.1. The Hall–Kier alpha value is -0.0400. The van der Waals surface area contributed by atoms with Crippen molar-refractivity contribution >= 4 is 0 Å². The van der Waals surface area contributed by atoms with E-state index in [1.807, 2.05) is 0 Å². The van der Waals surface area contributed by atoms with Crippen LogP contribution in [0.2, 0.25) is 0 Å². The highest BCUT2D eigenvalue weighted by Crippen LogP contribution is 2.25. The van der Waals surface area contributed by atoms with Crippen LogP contribution < -0.4 is 0 Å². The maximum atomic E-state index is 2.93. The van der Waals surface area contributed by atoms with Crippen molar-refractivity contribution in [3.63, 3.8) is 0 Å². The average Bonchev–Trinajstić information content (AvgIpc) is 3.06. The molecule has 0 amide bonds. The van der Waals surface area contributed by atoms with Crippen molar-refractivity contribution in [2.75, 3.05) is 13.1 Å². The molecular formula is C46H95N. The third-order valence-corrected chi connectivity index (χ3v) is 11.3. The van der Waals surface area contributed by atoms with Crippen molar-refractivity contribution in [3.8, 4) is 0 Å². The van der Waals surface area contributed by atoms with Gasteiger partial charge in [0.2, 0.25) is 0 Å². The summed E-state index contributed by atoms with van der Waals surface area (Å²) in [4.78, 5) is 2.93. The van der Waals surface area contributed by atoms with Gasteiger partial charge in [-0.2, -0.15) is 0 Å². The van der Waals surface area contributed by atoms with E-state index in [1.165, 1.54) is 257 Å². The van der Waals surface area contributed by atoms with Gasteiger partial charge in [-0.25, -0.2) is 0 Å². The van der Waals surface area contributed by atoms with Crippen molar-refractivity contribution < 1.29 is 0 Å². The highest BCUT2D eigenvalue weighted by atomic mass is 15.2. The van der Waals surface area contributed by atoms with Crippen molar-refractivity contribution in [3.05, 3.63) is 0 Å². The van der Waals surface area contributed by atoms with Gasteiger partial charge in [0.25, 0.3) is 0 Å². The lowest BCUT2D eigenvalue weighted by Crippen LogP contribution is -2.45. The van der Waals surface area contributed by atoms with Crippen LogP contribution in [-0.2, 0) is 0 Å². The van der Waals surface area contributed by atoms with Gasteiger partial charge in [0, 0.05) is 5.54 Å². The van der Waals surface area contributed by atoms with Crippen LogP contribution in [0.3, 0.4) is 0 Å². The van der Waals surface area contributed by atoms with Crippen LogP contribution in [0.4, 0.5) is 0 Å². The quantitative estimate of drug-likeness (QED) is 0.0589. The predicted molar refractivity (Wildman–Crippen MR) is 218 cm³/mol. The summed E-state index contributed by atoms with van der Waals surface area (Å²) in [6, 6.07) is 0. The van der Waals surface area contributed by atoms with Crippen LogP contribution in [0.15, 0.2) is 0 Å². The van der Waals surface area contributed by atoms with E-state index < -0.39 is 0 Å². The second-order valence-corrected chi connectivity index (χ2v) is 16.6. The zero-order valence-corrected chi connectivity index (χ0v) is 34.2. The fourth-order valence-corrected chi connectivity index (χ4v) is 7.74. The molecule has 0 radical (unpaired) electrons. The molecule has 0 bridgehead atoms. The lowest BCUT2D eigenvalue weighted by atomic mass is 9.93. The smallest absolute Gasteiger partial charge is 0.0153 e. The lowest BCUT2D eigenvalue weighted by molar-refractivity contribution is 0.102. The number of nitrogens with zero attached hydrogens (tertiary/aromatic N) is 1. The molecule has 0 saturated heterocycles. The summed E-state index contributed by atoms with van der Waals surface area (Å²) >= 11 is 0. The fraction of sp³-hybridized carbons (Fsp3) is 1.00. The van der Waals surface area contributed by atoms with Crippen LogP contribution in [0.1, 0.15) is 279 Å². The van der Waals surface area contributed by atoms with Gasteiger partial charge < -0.3 is 0 Å². The lowest BCUT2D eigenvalue weighted by Gasteiger charge is -2.39. The summed E-state index contributed by atoms with van der Waals surface area (Å²) in [5.74, 6) is 0. The van der Waals surface area contributed by atoms with Gasteiger partial charge in [0.05, 0.1) is 0 Å². The zero-order valence-electron chi connectivity index (χ0n) is 34.2. The van der Waals surface area contributed by atoms with E-state index in [-0.39, 0.29) is 0 Å². The second-order valence-electron chi connectivity index (χ2n) is 16.6. The molecule has 0 aromatic heterocycles. The minimum absolute atomic E-state index is 0.370. The molecule has 47 heavy (non-hydrogen) atoms. The molecule has 1 nitrogen and oxygen atoms in total. The molecule has 0 aromatic rings. The van der Waals surface area contributed by atoms with E-state index in [0.29, 0.717) is 5.54 Å². The molecule has 0 unspecified atom stereocenters. The molecule has 284 valence electrons. The van der Waals surface area contributed by atoms with Gasteiger partial charge >= 0.3 is 0 Å². The van der Waals surface area contributed by atoms with Crippen molar-refractivity contribution in [1.82, 2.24) is 4.90 Å². The van der Waals surface area contributed by atoms with Gasteiger partial charge in [-0.15, -0.1) is 0 Å². The van der Waals surface area contributed by atoms with Crippen LogP contribution in [0.5, 0.6) is 0 Å². The summed E-state index contributed by atoms with van der Waals surface area (Å²) in [5, 5.41) is 0. The number of rotatable bonds is 41. The molecule has 0 rings (SSSR count). The molecule has 0 fully saturated rings. The van der Waals surface area contributed by atoms with E-state index in [1.54, 1.807) is 0 Å². The Labute approximate surface area is 301 Å². The summed E-state index contributed by atoms with van der Waals surface area (Å²) in [5.41, 5.74) is 0.370. The Balaban J connectivity index is 4.10. The van der Waals surface area contributed by atoms with Crippen LogP contribution in [0.25, 0.3) is 0 Å². The summed E-state index contributed by atoms with van der Waals surface area (Å²) in [7, 11) is 0. The molecule has 0 aliphatic heterocycles. The highest BCUT2D eigenvalue weighted by molar-refractivity contribution is 4.81. The summed E-state index contributed by atoms with van der Waals surface area (Å²) in [6.45, 7) is 14.8. The molecule has 0 aliphatic carbocycles. The first-order valence-electron chi connectivity index (χ1n) is 22.8. The molecule has 0 N–H and O–H groups in total. The zero-order chi connectivity index (χ0) is 34.4. The summed E-state index contributed by atoms with van der Waals surface area (Å²) in [6.07, 6.45) is 55.2. The molecular weight excluding hydrogens is 567 g/mol. The Morgan fingerprint density at radius 3 is 0.681 bits per heavy atom. The average molecular weight is 662 g/mol. The molecule has 0 spiro atoms. The first-order chi connectivity index (χ1) is 23.1. The van der Waals surface area contributed by atoms with Crippen LogP contribution in [-0.4, -0.2) is 23.5 Å². The van der Waals surface area contributed by atoms with E-state index in [0.717, 1.165) is 0 Å². The van der Waals surface area contributed by atoms with Crippen molar-refractivity contribution in [2.45, 2.75) is 284 Å². The third-order valence-electron chi connectivity index (χ3n) is 11.3. The maximum absolute atomic E-state index is 2.93. The van der Waals surface area contributed by atoms with Gasteiger partial charge in [-0.1, -0.05) is 245 Å². The first kappa shape index (κ1) is 47.0. The topological polar surface area (TPSA) is 3.24 Å². The Morgan fingerprint density at radius 2 is 0.447 bits per heavy atom. The molecule has 0 heterocycles. The molecule has 0 saturated carbocycles. The number of unbranched alkanes of at least 4 members (excludes halogenated alkanes) is 34. The maximum Gasteiger partial charge on any atom is 0.0153 e. The Kier molecular flexibility index (Phi) is 38.7. The van der Waals surface area contributed by atoms with Crippen molar-refractivity contribution in [1.29, 1.82) is 0 Å². The number of hydrogen-bond donors (Lipinski definition) is 0. The third kappa shape index (κ3) is 35.6. The standard InChI is InChI=1S/C46H95N/c1-6-9-12-15-18-20-22-24-26-28-30-32-35-38-41-44-47(46(4,5)43-40-37-34-17-14-11-8-3)45-42-39-36-33-31-29-27-25-23-21-19-16-13-10-7-2/h6-45H2,1-5H3. The van der Waals surface area contributed by atoms with Gasteiger partial charge in [-0.05, 0) is 46.2 Å². The first-order valence-corrected chi connectivity index (χ1v) is 22.8. The molecule has 1 heteroatoms. The highest BCUT2D eigenvalue weighted by Gasteiger charge is 2.25. The molecule has 0 aliphatic rings. The van der Waals surface area contributed by atoms with Gasteiger partial charge in [-0.3, -0.25) is 4.90 Å². The number of hydrogen-bond acceptors (Lipinski definition) is 1.